The molecule has 0 saturated carbocycles. The molecule has 0 spiro atoms. The highest BCUT2D eigenvalue weighted by Crippen LogP contribution is 2.33. The van der Waals surface area contributed by atoms with Crippen LogP contribution in [0, 0.1) is 5.82 Å². The van der Waals surface area contributed by atoms with E-state index < -0.39 is 0 Å². The summed E-state index contributed by atoms with van der Waals surface area (Å²) in [5, 5.41) is 3.58. The van der Waals surface area contributed by atoms with Crippen LogP contribution in [0.1, 0.15) is 25.7 Å². The van der Waals surface area contributed by atoms with E-state index in [-0.39, 0.29) is 11.9 Å². The Morgan fingerprint density at radius 1 is 0.909 bits per heavy atom. The topological polar surface area (TPSA) is 21.3 Å². The molecule has 2 fully saturated rings. The van der Waals surface area contributed by atoms with Crippen LogP contribution >= 0.6 is 0 Å². The fourth-order valence-corrected chi connectivity index (χ4v) is 3.72. The summed E-state index contributed by atoms with van der Waals surface area (Å²) in [6.45, 7) is 0. The number of rotatable bonds is 3. The molecule has 22 heavy (non-hydrogen) atoms. The Kier molecular flexibility index (Phi) is 3.59. The van der Waals surface area contributed by atoms with E-state index in [1.807, 2.05) is 42.5 Å². The van der Waals surface area contributed by atoms with Gasteiger partial charge in [-0.25, -0.2) is 4.39 Å². The van der Waals surface area contributed by atoms with E-state index in [2.05, 4.69) is 5.32 Å². The molecule has 2 atom stereocenters. The summed E-state index contributed by atoms with van der Waals surface area (Å²) in [6.07, 6.45) is 4.52. The van der Waals surface area contributed by atoms with Crippen molar-refractivity contribution in [3.05, 3.63) is 54.3 Å². The summed E-state index contributed by atoms with van der Waals surface area (Å²) in [5.41, 5.74) is 1.49. The lowest BCUT2D eigenvalue weighted by Gasteiger charge is -2.29. The van der Waals surface area contributed by atoms with Crippen LogP contribution in [0.5, 0.6) is 5.75 Å². The minimum absolute atomic E-state index is 0.124. The molecule has 3 heteroatoms. The molecule has 0 radical (unpaired) electrons. The molecule has 2 heterocycles. The van der Waals surface area contributed by atoms with Crippen molar-refractivity contribution in [3.8, 4) is 16.9 Å². The third-order valence-corrected chi connectivity index (χ3v) is 4.77. The van der Waals surface area contributed by atoms with E-state index in [0.29, 0.717) is 23.4 Å². The molecule has 2 aromatic carbocycles. The lowest BCUT2D eigenvalue weighted by Crippen LogP contribution is -2.42. The molecule has 0 aliphatic carbocycles. The van der Waals surface area contributed by atoms with Crippen molar-refractivity contribution in [2.45, 2.75) is 43.9 Å². The highest BCUT2D eigenvalue weighted by molar-refractivity contribution is 5.65. The Bertz CT molecular complexity index is 646. The van der Waals surface area contributed by atoms with Crippen LogP contribution in [0.25, 0.3) is 11.1 Å². The van der Waals surface area contributed by atoms with Gasteiger partial charge in [-0.2, -0.15) is 0 Å². The van der Waals surface area contributed by atoms with Crippen LogP contribution in [0.4, 0.5) is 4.39 Å². The van der Waals surface area contributed by atoms with Crippen molar-refractivity contribution in [2.24, 2.45) is 0 Å². The number of nitrogens with one attached hydrogen (secondary N) is 1. The molecule has 114 valence electrons. The average Bonchev–Trinajstić information content (AvgIpc) is 2.89. The number of hydrogen-bond donors (Lipinski definition) is 1. The van der Waals surface area contributed by atoms with Crippen molar-refractivity contribution in [3.63, 3.8) is 0 Å². The van der Waals surface area contributed by atoms with Crippen molar-refractivity contribution >= 4 is 0 Å². The summed E-state index contributed by atoms with van der Waals surface area (Å²) >= 11 is 0. The Morgan fingerprint density at radius 2 is 1.64 bits per heavy atom. The van der Waals surface area contributed by atoms with E-state index >= 15 is 0 Å². The zero-order valence-electron chi connectivity index (χ0n) is 12.5. The van der Waals surface area contributed by atoms with E-state index in [1.165, 1.54) is 12.8 Å². The normalized spacial score (nSPS) is 26.9. The van der Waals surface area contributed by atoms with Gasteiger partial charge in [0.1, 0.15) is 6.10 Å². The van der Waals surface area contributed by atoms with Gasteiger partial charge in [0.15, 0.2) is 11.6 Å². The summed E-state index contributed by atoms with van der Waals surface area (Å²) in [5.74, 6) is 0.132. The molecule has 2 aliphatic heterocycles. The van der Waals surface area contributed by atoms with Crippen molar-refractivity contribution in [2.75, 3.05) is 0 Å². The fraction of sp³-hybridized carbons (Fsp3) is 0.368. The van der Waals surface area contributed by atoms with Gasteiger partial charge in [0.2, 0.25) is 0 Å². The molecular weight excluding hydrogens is 277 g/mol. The van der Waals surface area contributed by atoms with Crippen LogP contribution in [0.15, 0.2) is 48.5 Å². The fourth-order valence-electron chi connectivity index (χ4n) is 3.72. The van der Waals surface area contributed by atoms with Gasteiger partial charge in [0, 0.05) is 17.6 Å². The second-order valence-electron chi connectivity index (χ2n) is 6.33. The molecular formula is C19H20FNO. The maximum atomic E-state index is 14.8. The summed E-state index contributed by atoms with van der Waals surface area (Å²) in [6, 6.07) is 16.1. The smallest absolute Gasteiger partial charge is 0.172 e. The Hall–Kier alpha value is -1.87. The predicted molar refractivity (Wildman–Crippen MR) is 85.4 cm³/mol. The van der Waals surface area contributed by atoms with Gasteiger partial charge in [-0.3, -0.25) is 0 Å². The SMILES string of the molecule is Fc1c(OC2CC3CCC(C2)N3)cccc1-c1ccccc1. The summed E-state index contributed by atoms with van der Waals surface area (Å²) < 4.78 is 20.8. The third kappa shape index (κ3) is 2.61. The number of halogens is 1. The average molecular weight is 297 g/mol. The lowest BCUT2D eigenvalue weighted by atomic mass is 10.0. The molecule has 2 nitrogen and oxygen atoms in total. The zero-order chi connectivity index (χ0) is 14.9. The van der Waals surface area contributed by atoms with Crippen LogP contribution in [-0.4, -0.2) is 18.2 Å². The van der Waals surface area contributed by atoms with Gasteiger partial charge < -0.3 is 10.1 Å². The van der Waals surface area contributed by atoms with Gasteiger partial charge in [-0.05, 0) is 37.3 Å². The zero-order valence-corrected chi connectivity index (χ0v) is 12.5. The van der Waals surface area contributed by atoms with Gasteiger partial charge in [-0.15, -0.1) is 0 Å². The van der Waals surface area contributed by atoms with E-state index in [0.717, 1.165) is 18.4 Å². The van der Waals surface area contributed by atoms with Gasteiger partial charge >= 0.3 is 0 Å². The standard InChI is InChI=1S/C19H20FNO/c20-19-17(13-5-2-1-3-6-13)7-4-8-18(19)22-16-11-14-9-10-15(12-16)21-14/h1-8,14-16,21H,9-12H2. The number of benzene rings is 2. The van der Waals surface area contributed by atoms with Gasteiger partial charge in [0.25, 0.3) is 0 Å². The summed E-state index contributed by atoms with van der Waals surface area (Å²) in [7, 11) is 0. The molecule has 0 aromatic heterocycles. The van der Waals surface area contributed by atoms with Crippen LogP contribution in [-0.2, 0) is 0 Å². The second kappa shape index (κ2) is 5.73. The highest BCUT2D eigenvalue weighted by atomic mass is 19.1. The van der Waals surface area contributed by atoms with Gasteiger partial charge in [0.05, 0.1) is 0 Å². The number of fused-ring (bicyclic) bond motifs is 2. The van der Waals surface area contributed by atoms with E-state index in [1.54, 1.807) is 6.07 Å². The molecule has 1 N–H and O–H groups in total. The van der Waals surface area contributed by atoms with E-state index in [4.69, 9.17) is 4.74 Å². The number of hydrogen-bond acceptors (Lipinski definition) is 2. The molecule has 2 unspecified atom stereocenters. The minimum atomic E-state index is -0.250. The Morgan fingerprint density at radius 3 is 2.36 bits per heavy atom. The first-order valence-corrected chi connectivity index (χ1v) is 8.06. The Balaban J connectivity index is 1.58. The Labute approximate surface area is 130 Å². The maximum absolute atomic E-state index is 14.8. The maximum Gasteiger partial charge on any atom is 0.172 e. The number of ether oxygens (including phenoxy) is 1. The molecule has 2 saturated heterocycles. The van der Waals surface area contributed by atoms with E-state index in [9.17, 15) is 4.39 Å². The highest BCUT2D eigenvalue weighted by Gasteiger charge is 2.34. The van der Waals surface area contributed by atoms with Crippen LogP contribution in [0.2, 0.25) is 0 Å². The molecule has 2 bridgehead atoms. The monoisotopic (exact) mass is 297 g/mol. The quantitative estimate of drug-likeness (QED) is 0.918. The van der Waals surface area contributed by atoms with Crippen LogP contribution in [0.3, 0.4) is 0 Å². The molecule has 4 rings (SSSR count). The predicted octanol–water partition coefficient (Wildman–Crippen LogP) is 4.15. The largest absolute Gasteiger partial charge is 0.487 e. The minimum Gasteiger partial charge on any atom is -0.487 e. The van der Waals surface area contributed by atoms with Crippen LogP contribution < -0.4 is 10.1 Å². The molecule has 2 aliphatic rings. The first kappa shape index (κ1) is 13.8. The first-order valence-electron chi connectivity index (χ1n) is 8.06. The summed E-state index contributed by atoms with van der Waals surface area (Å²) in [4.78, 5) is 0. The third-order valence-electron chi connectivity index (χ3n) is 4.77. The first-order chi connectivity index (χ1) is 10.8. The lowest BCUT2D eigenvalue weighted by molar-refractivity contribution is 0.132. The van der Waals surface area contributed by atoms with Crippen molar-refractivity contribution in [1.29, 1.82) is 0 Å². The molecule has 2 aromatic rings. The van der Waals surface area contributed by atoms with Gasteiger partial charge in [-0.1, -0.05) is 42.5 Å². The number of piperidine rings is 1. The van der Waals surface area contributed by atoms with Crippen molar-refractivity contribution < 1.29 is 9.13 Å². The second-order valence-corrected chi connectivity index (χ2v) is 6.33. The molecule has 0 amide bonds. The van der Waals surface area contributed by atoms with Crippen molar-refractivity contribution in [1.82, 2.24) is 5.32 Å².